The molecule has 0 spiro atoms. The molecule has 0 bridgehead atoms. The Kier molecular flexibility index (Phi) is 2.68. The van der Waals surface area contributed by atoms with Gasteiger partial charge in [-0.05, 0) is 24.3 Å². The first-order valence-electron chi connectivity index (χ1n) is 5.68. The Morgan fingerprint density at radius 3 is 2.59 bits per heavy atom. The van der Waals surface area contributed by atoms with Crippen LogP contribution in [0.4, 0.5) is 17.1 Å². The minimum atomic E-state index is 0.542. The molecule has 17 heavy (non-hydrogen) atoms. The fourth-order valence-electron chi connectivity index (χ4n) is 2.02. The quantitative estimate of drug-likeness (QED) is 0.808. The van der Waals surface area contributed by atoms with Gasteiger partial charge in [-0.1, -0.05) is 30.3 Å². The van der Waals surface area contributed by atoms with E-state index < -0.39 is 0 Å². The first-order chi connectivity index (χ1) is 8.45. The van der Waals surface area contributed by atoms with Crippen LogP contribution in [-0.2, 0) is 4.74 Å². The highest BCUT2D eigenvalue weighted by Gasteiger charge is 2.15. The number of anilines is 3. The van der Waals surface area contributed by atoms with Crippen LogP contribution in [0.1, 0.15) is 0 Å². The van der Waals surface area contributed by atoms with Crippen molar-refractivity contribution in [3.05, 3.63) is 54.6 Å². The molecular formula is C14H14N2O. The second kappa shape index (κ2) is 4.47. The van der Waals surface area contributed by atoms with Crippen LogP contribution < -0.4 is 10.2 Å². The molecule has 0 saturated carbocycles. The van der Waals surface area contributed by atoms with Crippen LogP contribution in [0, 0.1) is 0 Å². The van der Waals surface area contributed by atoms with Gasteiger partial charge in [-0.25, -0.2) is 0 Å². The number of fused-ring (bicyclic) bond motifs is 1. The van der Waals surface area contributed by atoms with Crippen molar-refractivity contribution in [1.82, 2.24) is 0 Å². The SMILES string of the molecule is c1ccc(N2COCNc3ccccc32)cc1. The maximum atomic E-state index is 5.56. The zero-order valence-electron chi connectivity index (χ0n) is 9.47. The molecule has 0 amide bonds. The van der Waals surface area contributed by atoms with E-state index in [0.29, 0.717) is 13.5 Å². The molecule has 0 unspecified atom stereocenters. The zero-order chi connectivity index (χ0) is 11.5. The minimum Gasteiger partial charge on any atom is -0.361 e. The van der Waals surface area contributed by atoms with Gasteiger partial charge >= 0.3 is 0 Å². The van der Waals surface area contributed by atoms with Gasteiger partial charge in [0, 0.05) is 5.69 Å². The number of ether oxygens (including phenoxy) is 1. The molecule has 0 radical (unpaired) electrons. The van der Waals surface area contributed by atoms with Crippen molar-refractivity contribution < 1.29 is 4.74 Å². The van der Waals surface area contributed by atoms with Crippen molar-refractivity contribution in [3.8, 4) is 0 Å². The molecular weight excluding hydrogens is 212 g/mol. The van der Waals surface area contributed by atoms with E-state index in [9.17, 15) is 0 Å². The zero-order valence-corrected chi connectivity index (χ0v) is 9.47. The van der Waals surface area contributed by atoms with Crippen LogP contribution in [0.5, 0.6) is 0 Å². The Hall–Kier alpha value is -2.00. The summed E-state index contributed by atoms with van der Waals surface area (Å²) in [5.74, 6) is 0. The maximum absolute atomic E-state index is 5.56. The second-order valence-corrected chi connectivity index (χ2v) is 3.94. The summed E-state index contributed by atoms with van der Waals surface area (Å²) in [4.78, 5) is 2.16. The molecule has 2 aromatic rings. The van der Waals surface area contributed by atoms with E-state index in [-0.39, 0.29) is 0 Å². The number of nitrogens with zero attached hydrogens (tertiary/aromatic N) is 1. The molecule has 0 aromatic heterocycles. The Morgan fingerprint density at radius 2 is 1.71 bits per heavy atom. The maximum Gasteiger partial charge on any atom is 0.125 e. The van der Waals surface area contributed by atoms with Gasteiger partial charge in [-0.3, -0.25) is 0 Å². The van der Waals surface area contributed by atoms with Crippen molar-refractivity contribution in [2.75, 3.05) is 23.7 Å². The summed E-state index contributed by atoms with van der Waals surface area (Å²) in [6, 6.07) is 18.5. The molecule has 1 aliphatic heterocycles. The summed E-state index contributed by atoms with van der Waals surface area (Å²) in [6.07, 6.45) is 0. The molecule has 2 aromatic carbocycles. The molecule has 0 aliphatic carbocycles. The Labute approximate surface area is 101 Å². The van der Waals surface area contributed by atoms with Crippen LogP contribution in [0.15, 0.2) is 54.6 Å². The van der Waals surface area contributed by atoms with Gasteiger partial charge in [-0.2, -0.15) is 0 Å². The first-order valence-corrected chi connectivity index (χ1v) is 5.68. The predicted octanol–water partition coefficient (Wildman–Crippen LogP) is 3.18. The number of para-hydroxylation sites is 3. The van der Waals surface area contributed by atoms with Crippen molar-refractivity contribution in [1.29, 1.82) is 0 Å². The third kappa shape index (κ3) is 1.97. The molecule has 3 heteroatoms. The van der Waals surface area contributed by atoms with Crippen LogP contribution in [0.25, 0.3) is 0 Å². The Morgan fingerprint density at radius 1 is 0.941 bits per heavy atom. The van der Waals surface area contributed by atoms with E-state index in [4.69, 9.17) is 4.74 Å². The van der Waals surface area contributed by atoms with Gasteiger partial charge in [0.1, 0.15) is 13.5 Å². The average molecular weight is 226 g/mol. The Bertz CT molecular complexity index is 499. The highest BCUT2D eigenvalue weighted by molar-refractivity contribution is 5.76. The van der Waals surface area contributed by atoms with Gasteiger partial charge in [0.15, 0.2) is 0 Å². The van der Waals surface area contributed by atoms with E-state index in [0.717, 1.165) is 17.1 Å². The standard InChI is InChI=1S/C14H14N2O/c1-2-6-12(7-3-1)16-11-17-10-15-13-8-4-5-9-14(13)16/h1-9,15H,10-11H2. The van der Waals surface area contributed by atoms with Gasteiger partial charge in [-0.15, -0.1) is 0 Å². The number of rotatable bonds is 1. The van der Waals surface area contributed by atoms with Gasteiger partial charge in [0.25, 0.3) is 0 Å². The molecule has 1 aliphatic rings. The molecule has 3 nitrogen and oxygen atoms in total. The normalized spacial score (nSPS) is 14.7. The number of hydrogen-bond acceptors (Lipinski definition) is 3. The number of benzene rings is 2. The lowest BCUT2D eigenvalue weighted by Crippen LogP contribution is -2.19. The Balaban J connectivity index is 2.06. The number of hydrogen-bond donors (Lipinski definition) is 1. The van der Waals surface area contributed by atoms with E-state index >= 15 is 0 Å². The summed E-state index contributed by atoms with van der Waals surface area (Å²) >= 11 is 0. The van der Waals surface area contributed by atoms with E-state index in [2.05, 4.69) is 34.5 Å². The van der Waals surface area contributed by atoms with Crippen LogP contribution >= 0.6 is 0 Å². The van der Waals surface area contributed by atoms with Crippen molar-refractivity contribution in [2.45, 2.75) is 0 Å². The van der Waals surface area contributed by atoms with Crippen molar-refractivity contribution >= 4 is 17.1 Å². The number of nitrogens with one attached hydrogen (secondary N) is 1. The fourth-order valence-corrected chi connectivity index (χ4v) is 2.02. The molecule has 3 rings (SSSR count). The van der Waals surface area contributed by atoms with Gasteiger partial charge in [0.2, 0.25) is 0 Å². The van der Waals surface area contributed by atoms with Crippen molar-refractivity contribution in [2.24, 2.45) is 0 Å². The lowest BCUT2D eigenvalue weighted by atomic mass is 10.2. The molecule has 0 fully saturated rings. The van der Waals surface area contributed by atoms with Crippen LogP contribution in [-0.4, -0.2) is 13.5 Å². The lowest BCUT2D eigenvalue weighted by Gasteiger charge is -2.23. The fraction of sp³-hybridized carbons (Fsp3) is 0.143. The van der Waals surface area contributed by atoms with Crippen molar-refractivity contribution in [3.63, 3.8) is 0 Å². The minimum absolute atomic E-state index is 0.542. The second-order valence-electron chi connectivity index (χ2n) is 3.94. The average Bonchev–Trinajstić information content (AvgIpc) is 2.62. The summed E-state index contributed by atoms with van der Waals surface area (Å²) in [6.45, 7) is 1.11. The molecule has 1 heterocycles. The highest BCUT2D eigenvalue weighted by Crippen LogP contribution is 2.32. The smallest absolute Gasteiger partial charge is 0.125 e. The van der Waals surface area contributed by atoms with E-state index in [1.807, 2.05) is 30.3 Å². The largest absolute Gasteiger partial charge is 0.361 e. The summed E-state index contributed by atoms with van der Waals surface area (Å²) in [7, 11) is 0. The third-order valence-electron chi connectivity index (χ3n) is 2.85. The monoisotopic (exact) mass is 226 g/mol. The molecule has 0 atom stereocenters. The van der Waals surface area contributed by atoms with Crippen LogP contribution in [0.2, 0.25) is 0 Å². The summed E-state index contributed by atoms with van der Waals surface area (Å²) in [5, 5.41) is 3.26. The first kappa shape index (κ1) is 10.2. The third-order valence-corrected chi connectivity index (χ3v) is 2.85. The topological polar surface area (TPSA) is 24.5 Å². The van der Waals surface area contributed by atoms with E-state index in [1.165, 1.54) is 0 Å². The molecule has 1 N–H and O–H groups in total. The van der Waals surface area contributed by atoms with E-state index in [1.54, 1.807) is 0 Å². The lowest BCUT2D eigenvalue weighted by molar-refractivity contribution is 0.162. The van der Waals surface area contributed by atoms with Crippen LogP contribution in [0.3, 0.4) is 0 Å². The molecule has 86 valence electrons. The molecule has 0 saturated heterocycles. The van der Waals surface area contributed by atoms with Gasteiger partial charge < -0.3 is 15.0 Å². The summed E-state index contributed by atoms with van der Waals surface area (Å²) in [5.41, 5.74) is 3.40. The van der Waals surface area contributed by atoms with Gasteiger partial charge in [0.05, 0.1) is 11.4 Å². The predicted molar refractivity (Wildman–Crippen MR) is 69.5 cm³/mol. The summed E-state index contributed by atoms with van der Waals surface area (Å²) < 4.78 is 5.56. The highest BCUT2D eigenvalue weighted by atomic mass is 16.5.